The summed E-state index contributed by atoms with van der Waals surface area (Å²) in [5.74, 6) is 0.886. The summed E-state index contributed by atoms with van der Waals surface area (Å²) in [7, 11) is 1.95. The van der Waals surface area contributed by atoms with Crippen molar-refractivity contribution >= 4 is 10.8 Å². The van der Waals surface area contributed by atoms with Crippen molar-refractivity contribution in [1.82, 2.24) is 24.6 Å². The minimum atomic E-state index is -0.0205. The zero-order valence-electron chi connectivity index (χ0n) is 13.1. The van der Waals surface area contributed by atoms with E-state index >= 15 is 0 Å². The van der Waals surface area contributed by atoms with E-state index in [0.29, 0.717) is 6.61 Å². The summed E-state index contributed by atoms with van der Waals surface area (Å²) in [6.45, 7) is 3.37. The number of pyridine rings is 1. The van der Waals surface area contributed by atoms with Gasteiger partial charge >= 0.3 is 0 Å². The lowest BCUT2D eigenvalue weighted by Gasteiger charge is -2.32. The van der Waals surface area contributed by atoms with Gasteiger partial charge in [0, 0.05) is 44.5 Å². The van der Waals surface area contributed by atoms with Crippen molar-refractivity contribution in [2.75, 3.05) is 19.7 Å². The Morgan fingerprint density at radius 3 is 3.13 bits per heavy atom. The van der Waals surface area contributed by atoms with Crippen LogP contribution in [0.5, 0.6) is 0 Å². The predicted octanol–water partition coefficient (Wildman–Crippen LogP) is 1.94. The fourth-order valence-electron chi connectivity index (χ4n) is 3.15. The van der Waals surface area contributed by atoms with Crippen LogP contribution < -0.4 is 0 Å². The lowest BCUT2D eigenvalue weighted by Crippen LogP contribution is -2.38. The van der Waals surface area contributed by atoms with Gasteiger partial charge in [0.2, 0.25) is 0 Å². The van der Waals surface area contributed by atoms with Crippen LogP contribution in [0, 0.1) is 0 Å². The summed E-state index contributed by atoms with van der Waals surface area (Å²) >= 11 is 0. The first kappa shape index (κ1) is 14.3. The first-order valence-corrected chi connectivity index (χ1v) is 7.81. The van der Waals surface area contributed by atoms with Gasteiger partial charge in [0.25, 0.3) is 0 Å². The number of morpholine rings is 1. The molecule has 0 bridgehead atoms. The summed E-state index contributed by atoms with van der Waals surface area (Å²) in [6.07, 6.45) is 5.47. The fourth-order valence-corrected chi connectivity index (χ4v) is 3.15. The first-order chi connectivity index (χ1) is 11.3. The van der Waals surface area contributed by atoms with Crippen molar-refractivity contribution in [3.8, 4) is 0 Å². The molecule has 6 nitrogen and oxygen atoms in total. The van der Waals surface area contributed by atoms with Gasteiger partial charge in [-0.15, -0.1) is 10.2 Å². The molecular weight excluding hydrogens is 290 g/mol. The van der Waals surface area contributed by atoms with Gasteiger partial charge in [0.05, 0.1) is 6.61 Å². The second kappa shape index (κ2) is 6.06. The number of benzene rings is 1. The Labute approximate surface area is 134 Å². The van der Waals surface area contributed by atoms with E-state index < -0.39 is 0 Å². The highest BCUT2D eigenvalue weighted by molar-refractivity contribution is 5.84. The van der Waals surface area contributed by atoms with E-state index in [1.807, 2.05) is 24.0 Å². The predicted molar refractivity (Wildman–Crippen MR) is 86.7 cm³/mol. The van der Waals surface area contributed by atoms with Crippen LogP contribution in [0.3, 0.4) is 0 Å². The summed E-state index contributed by atoms with van der Waals surface area (Å²) in [5, 5.41) is 10.6. The van der Waals surface area contributed by atoms with Crippen LogP contribution in [-0.2, 0) is 18.3 Å². The van der Waals surface area contributed by atoms with E-state index in [1.54, 1.807) is 6.33 Å². The Morgan fingerprint density at radius 2 is 2.26 bits per heavy atom. The molecule has 1 atom stereocenters. The maximum Gasteiger partial charge on any atom is 0.163 e. The minimum Gasteiger partial charge on any atom is -0.368 e. The molecular formula is C17H19N5O. The molecule has 1 aliphatic rings. The number of aromatic nitrogens is 4. The Morgan fingerprint density at radius 1 is 1.30 bits per heavy atom. The van der Waals surface area contributed by atoms with E-state index in [0.717, 1.165) is 25.5 Å². The largest absolute Gasteiger partial charge is 0.368 e. The summed E-state index contributed by atoms with van der Waals surface area (Å²) in [5.41, 5.74) is 1.32. The molecule has 0 saturated carbocycles. The molecule has 0 spiro atoms. The molecule has 23 heavy (non-hydrogen) atoms. The lowest BCUT2D eigenvalue weighted by atomic mass is 10.1. The maximum absolute atomic E-state index is 5.88. The van der Waals surface area contributed by atoms with Gasteiger partial charge in [-0.3, -0.25) is 9.88 Å². The van der Waals surface area contributed by atoms with Gasteiger partial charge in [-0.1, -0.05) is 18.2 Å². The van der Waals surface area contributed by atoms with Crippen LogP contribution in [0.4, 0.5) is 0 Å². The third-order valence-electron chi connectivity index (χ3n) is 4.35. The molecule has 1 aliphatic heterocycles. The van der Waals surface area contributed by atoms with Crippen LogP contribution in [0.1, 0.15) is 17.5 Å². The Kier molecular flexibility index (Phi) is 3.77. The minimum absolute atomic E-state index is 0.0205. The molecule has 1 fully saturated rings. The molecule has 1 saturated heterocycles. The van der Waals surface area contributed by atoms with Crippen molar-refractivity contribution in [2.24, 2.45) is 7.05 Å². The highest BCUT2D eigenvalue weighted by atomic mass is 16.5. The van der Waals surface area contributed by atoms with Gasteiger partial charge in [-0.2, -0.15) is 0 Å². The second-order valence-corrected chi connectivity index (χ2v) is 5.91. The summed E-state index contributed by atoms with van der Waals surface area (Å²) in [4.78, 5) is 6.62. The zero-order valence-corrected chi connectivity index (χ0v) is 13.1. The van der Waals surface area contributed by atoms with Crippen molar-refractivity contribution in [1.29, 1.82) is 0 Å². The zero-order chi connectivity index (χ0) is 15.6. The van der Waals surface area contributed by atoms with E-state index in [9.17, 15) is 0 Å². The van der Waals surface area contributed by atoms with E-state index in [1.165, 1.54) is 16.3 Å². The monoisotopic (exact) mass is 309 g/mol. The van der Waals surface area contributed by atoms with E-state index in [4.69, 9.17) is 4.74 Å². The van der Waals surface area contributed by atoms with Crippen LogP contribution in [0.2, 0.25) is 0 Å². The third-order valence-corrected chi connectivity index (χ3v) is 4.35. The van der Waals surface area contributed by atoms with Crippen molar-refractivity contribution in [3.63, 3.8) is 0 Å². The van der Waals surface area contributed by atoms with Crippen LogP contribution in [0.25, 0.3) is 10.8 Å². The number of aryl methyl sites for hydroxylation is 1. The Balaban J connectivity index is 1.55. The quantitative estimate of drug-likeness (QED) is 0.740. The third kappa shape index (κ3) is 2.83. The van der Waals surface area contributed by atoms with Crippen LogP contribution in [0.15, 0.2) is 43.0 Å². The molecule has 4 rings (SSSR count). The molecule has 3 heterocycles. The molecule has 118 valence electrons. The maximum atomic E-state index is 5.88. The average molecular weight is 309 g/mol. The van der Waals surface area contributed by atoms with Gasteiger partial charge < -0.3 is 9.30 Å². The Hall–Kier alpha value is -2.31. The molecule has 0 N–H and O–H groups in total. The number of nitrogens with zero attached hydrogens (tertiary/aromatic N) is 5. The van der Waals surface area contributed by atoms with Crippen LogP contribution >= 0.6 is 0 Å². The van der Waals surface area contributed by atoms with Crippen molar-refractivity contribution in [2.45, 2.75) is 12.6 Å². The fraction of sp³-hybridized carbons (Fsp3) is 0.353. The van der Waals surface area contributed by atoms with Crippen LogP contribution in [-0.4, -0.2) is 44.3 Å². The highest BCUT2D eigenvalue weighted by Crippen LogP contribution is 2.24. The summed E-state index contributed by atoms with van der Waals surface area (Å²) < 4.78 is 7.81. The van der Waals surface area contributed by atoms with Gasteiger partial charge in [0.1, 0.15) is 12.4 Å². The van der Waals surface area contributed by atoms with E-state index in [2.05, 4.69) is 44.3 Å². The molecule has 6 heteroatoms. The topological polar surface area (TPSA) is 56.1 Å². The average Bonchev–Trinajstić information content (AvgIpc) is 3.02. The number of hydrogen-bond donors (Lipinski definition) is 0. The molecule has 2 aromatic heterocycles. The number of rotatable bonds is 3. The lowest BCUT2D eigenvalue weighted by molar-refractivity contribution is -0.0384. The van der Waals surface area contributed by atoms with Gasteiger partial charge in [-0.25, -0.2) is 0 Å². The van der Waals surface area contributed by atoms with Crippen molar-refractivity contribution < 1.29 is 4.74 Å². The smallest absolute Gasteiger partial charge is 0.163 e. The first-order valence-electron chi connectivity index (χ1n) is 7.81. The van der Waals surface area contributed by atoms with E-state index in [-0.39, 0.29) is 6.10 Å². The standard InChI is InChI=1S/C17H19N5O/c1-21-12-19-20-17(21)16-11-22(7-8-23-16)10-14-4-2-3-13-9-18-6-5-15(13)14/h2-6,9,12,16H,7-8,10-11H2,1H3. The molecule has 3 aromatic rings. The molecule has 0 radical (unpaired) electrons. The Bertz CT molecular complexity index is 810. The second-order valence-electron chi connectivity index (χ2n) is 5.91. The number of hydrogen-bond acceptors (Lipinski definition) is 5. The molecule has 0 amide bonds. The number of ether oxygens (including phenoxy) is 1. The molecule has 1 aromatic carbocycles. The molecule has 1 unspecified atom stereocenters. The summed E-state index contributed by atoms with van der Waals surface area (Å²) in [6, 6.07) is 8.48. The van der Waals surface area contributed by atoms with Gasteiger partial charge in [-0.05, 0) is 17.0 Å². The normalized spacial score (nSPS) is 19.3. The van der Waals surface area contributed by atoms with Gasteiger partial charge in [0.15, 0.2) is 5.82 Å². The molecule has 0 aliphatic carbocycles. The SMILES string of the molecule is Cn1cnnc1C1CN(Cc2cccc3cnccc23)CCO1. The number of fused-ring (bicyclic) bond motifs is 1. The van der Waals surface area contributed by atoms with Crippen molar-refractivity contribution in [3.05, 3.63) is 54.4 Å². The highest BCUT2D eigenvalue weighted by Gasteiger charge is 2.25.